The molecule has 0 N–H and O–H groups in total. The van der Waals surface area contributed by atoms with Gasteiger partial charge in [0.05, 0.1) is 11.2 Å². The minimum Gasteiger partial charge on any atom is -0.226 e. The van der Waals surface area contributed by atoms with Gasteiger partial charge in [-0.1, -0.05) is 0 Å². The molecule has 0 unspecified atom stereocenters. The lowest BCUT2D eigenvalue weighted by molar-refractivity contribution is -0.640. The van der Waals surface area contributed by atoms with Gasteiger partial charge in [0.1, 0.15) is 0 Å². The smallest absolute Gasteiger partial charge is 0.226 e. The zero-order chi connectivity index (χ0) is 13.5. The van der Waals surface area contributed by atoms with Crippen LogP contribution in [0.1, 0.15) is 41.5 Å². The zero-order valence-corrected chi connectivity index (χ0v) is 10.8. The maximum atomic E-state index is 10.7. The maximum absolute atomic E-state index is 10.7. The fraction of sp³-hybridized carbons (Fsp3) is 0.889. The third kappa shape index (κ3) is 13.0. The molecular formula is C9H18O8. The van der Waals surface area contributed by atoms with Crippen LogP contribution in [-0.2, 0) is 34.7 Å². The minimum atomic E-state index is -1.31. The summed E-state index contributed by atoms with van der Waals surface area (Å²) in [7, 11) is 0. The molecule has 0 aromatic heterocycles. The van der Waals surface area contributed by atoms with E-state index in [9.17, 15) is 4.79 Å². The number of carbonyl (C=O) groups is 1. The van der Waals surface area contributed by atoms with Gasteiger partial charge in [-0.25, -0.2) is 9.78 Å². The van der Waals surface area contributed by atoms with Crippen molar-refractivity contribution in [2.45, 2.75) is 52.7 Å². The van der Waals surface area contributed by atoms with Crippen LogP contribution in [-0.4, -0.2) is 17.4 Å². The van der Waals surface area contributed by atoms with Gasteiger partial charge in [-0.2, -0.15) is 14.6 Å². The number of carbonyl (C=O) groups excluding carboxylic acids is 1. The van der Waals surface area contributed by atoms with Crippen LogP contribution in [0.25, 0.3) is 0 Å². The van der Waals surface area contributed by atoms with E-state index >= 15 is 0 Å². The molecule has 0 radical (unpaired) electrons. The van der Waals surface area contributed by atoms with E-state index in [1.807, 2.05) is 0 Å². The second-order valence-corrected chi connectivity index (χ2v) is 5.01. The van der Waals surface area contributed by atoms with Crippen LogP contribution in [0.5, 0.6) is 0 Å². The van der Waals surface area contributed by atoms with Crippen molar-refractivity contribution in [1.82, 2.24) is 0 Å². The van der Waals surface area contributed by atoms with Crippen LogP contribution >= 0.6 is 0 Å². The first-order chi connectivity index (χ1) is 7.60. The van der Waals surface area contributed by atoms with Gasteiger partial charge < -0.3 is 0 Å². The van der Waals surface area contributed by atoms with Crippen molar-refractivity contribution in [2.24, 2.45) is 0 Å². The fourth-order valence-corrected chi connectivity index (χ4v) is 0.318. The van der Waals surface area contributed by atoms with E-state index in [4.69, 9.17) is 0 Å². The SMILES string of the molecule is CC(C)(C)OOOOC(=O)OOOC(C)(C)C. The lowest BCUT2D eigenvalue weighted by Crippen LogP contribution is -2.22. The van der Waals surface area contributed by atoms with Gasteiger partial charge in [0.25, 0.3) is 0 Å². The molecule has 0 aliphatic carbocycles. The van der Waals surface area contributed by atoms with E-state index in [2.05, 4.69) is 34.7 Å². The van der Waals surface area contributed by atoms with Crippen LogP contribution in [0, 0.1) is 0 Å². The summed E-state index contributed by atoms with van der Waals surface area (Å²) < 4.78 is 0. The summed E-state index contributed by atoms with van der Waals surface area (Å²) in [6.07, 6.45) is -1.31. The predicted octanol–water partition coefficient (Wildman–Crippen LogP) is 2.39. The van der Waals surface area contributed by atoms with Gasteiger partial charge in [-0.05, 0) is 51.6 Å². The Morgan fingerprint density at radius 2 is 1.12 bits per heavy atom. The highest BCUT2D eigenvalue weighted by Gasteiger charge is 2.17. The first-order valence-corrected chi connectivity index (χ1v) is 4.85. The molecule has 0 spiro atoms. The van der Waals surface area contributed by atoms with Crippen LogP contribution in [0.4, 0.5) is 4.79 Å². The van der Waals surface area contributed by atoms with E-state index in [0.29, 0.717) is 0 Å². The summed E-state index contributed by atoms with van der Waals surface area (Å²) in [5.41, 5.74) is -1.24. The van der Waals surface area contributed by atoms with Gasteiger partial charge in [0.2, 0.25) is 0 Å². The third-order valence-electron chi connectivity index (χ3n) is 0.800. The molecule has 102 valence electrons. The van der Waals surface area contributed by atoms with Gasteiger partial charge >= 0.3 is 6.16 Å². The van der Waals surface area contributed by atoms with Crippen LogP contribution in [0.2, 0.25) is 0 Å². The molecule has 0 fully saturated rings. The zero-order valence-electron chi connectivity index (χ0n) is 10.8. The molecular weight excluding hydrogens is 236 g/mol. The summed E-state index contributed by atoms with van der Waals surface area (Å²) in [5, 5.41) is 12.1. The second kappa shape index (κ2) is 6.72. The lowest BCUT2D eigenvalue weighted by Gasteiger charge is -2.15. The first-order valence-electron chi connectivity index (χ1n) is 4.85. The standard InChI is InChI=1S/C9H18O8/c1-8(2,3)13-15-11-7(10)12-16-17-14-9(4,5)6/h1-6H3. The van der Waals surface area contributed by atoms with E-state index in [1.165, 1.54) is 0 Å². The van der Waals surface area contributed by atoms with Gasteiger partial charge in [0, 0.05) is 5.04 Å². The molecule has 0 saturated carbocycles. The molecule has 0 aromatic rings. The molecule has 0 amide bonds. The van der Waals surface area contributed by atoms with Crippen molar-refractivity contribution in [3.63, 3.8) is 0 Å². The molecule has 8 heteroatoms. The average Bonchev–Trinajstić information content (AvgIpc) is 2.09. The van der Waals surface area contributed by atoms with E-state index < -0.39 is 17.4 Å². The molecule has 0 aliphatic heterocycles. The van der Waals surface area contributed by atoms with Crippen LogP contribution in [0.3, 0.4) is 0 Å². The monoisotopic (exact) mass is 254 g/mol. The molecule has 0 aliphatic rings. The Morgan fingerprint density at radius 1 is 0.706 bits per heavy atom. The van der Waals surface area contributed by atoms with E-state index in [1.54, 1.807) is 41.5 Å². The topological polar surface area (TPSA) is 81.7 Å². The molecule has 0 heterocycles. The molecule has 0 aromatic carbocycles. The van der Waals surface area contributed by atoms with Crippen LogP contribution in [0.15, 0.2) is 0 Å². The minimum absolute atomic E-state index is 0.612. The summed E-state index contributed by atoms with van der Waals surface area (Å²) in [6, 6.07) is 0. The number of hydrogen-bond donors (Lipinski definition) is 0. The van der Waals surface area contributed by atoms with Gasteiger partial charge in [-0.3, -0.25) is 0 Å². The fourth-order valence-electron chi connectivity index (χ4n) is 0.318. The Balaban J connectivity index is 3.48. The van der Waals surface area contributed by atoms with Crippen molar-refractivity contribution in [3.05, 3.63) is 0 Å². The molecule has 8 nitrogen and oxygen atoms in total. The van der Waals surface area contributed by atoms with Crippen LogP contribution < -0.4 is 0 Å². The Kier molecular flexibility index (Phi) is 6.35. The first kappa shape index (κ1) is 16.1. The third-order valence-corrected chi connectivity index (χ3v) is 0.800. The Bertz CT molecular complexity index is 226. The number of rotatable bonds is 5. The Labute approximate surface area is 99.3 Å². The largest absolute Gasteiger partial charge is 0.577 e. The summed E-state index contributed by atoms with van der Waals surface area (Å²) >= 11 is 0. The van der Waals surface area contributed by atoms with Gasteiger partial charge in [-0.15, -0.1) is 0 Å². The normalized spacial score (nSPS) is 12.4. The summed E-state index contributed by atoms with van der Waals surface area (Å²) in [5.74, 6) is 0. The highest BCUT2D eigenvalue weighted by molar-refractivity contribution is 5.57. The van der Waals surface area contributed by atoms with Crippen molar-refractivity contribution < 1.29 is 39.5 Å². The maximum Gasteiger partial charge on any atom is 0.577 e. The highest BCUT2D eigenvalue weighted by atomic mass is 17.7. The molecule has 17 heavy (non-hydrogen) atoms. The summed E-state index contributed by atoms with van der Waals surface area (Å²) in [6.45, 7) is 10.2. The van der Waals surface area contributed by atoms with Crippen molar-refractivity contribution in [1.29, 1.82) is 0 Å². The molecule has 0 saturated heterocycles. The van der Waals surface area contributed by atoms with Crippen molar-refractivity contribution >= 4 is 6.16 Å². The van der Waals surface area contributed by atoms with Gasteiger partial charge in [0.15, 0.2) is 0 Å². The molecule has 0 rings (SSSR count). The molecule has 0 bridgehead atoms. The quantitative estimate of drug-likeness (QED) is 0.420. The highest BCUT2D eigenvalue weighted by Crippen LogP contribution is 2.08. The van der Waals surface area contributed by atoms with Crippen molar-refractivity contribution in [3.8, 4) is 0 Å². The Hall–Kier alpha value is -0.930. The Morgan fingerprint density at radius 3 is 1.59 bits per heavy atom. The van der Waals surface area contributed by atoms with E-state index in [0.717, 1.165) is 0 Å². The molecule has 0 atom stereocenters. The lowest BCUT2D eigenvalue weighted by atomic mass is 10.2. The number of hydrogen-bond acceptors (Lipinski definition) is 8. The summed E-state index contributed by atoms with van der Waals surface area (Å²) in [4.78, 5) is 27.9. The van der Waals surface area contributed by atoms with E-state index in [-0.39, 0.29) is 0 Å². The second-order valence-electron chi connectivity index (χ2n) is 5.01. The predicted molar refractivity (Wildman–Crippen MR) is 52.5 cm³/mol. The van der Waals surface area contributed by atoms with Crippen molar-refractivity contribution in [2.75, 3.05) is 0 Å². The average molecular weight is 254 g/mol.